The number of carbonyl (C=O) groups is 2. The van der Waals surface area contributed by atoms with E-state index in [1.54, 1.807) is 42.2 Å². The van der Waals surface area contributed by atoms with Gasteiger partial charge in [-0.05, 0) is 37.1 Å². The van der Waals surface area contributed by atoms with Crippen molar-refractivity contribution in [1.29, 1.82) is 0 Å². The SMILES string of the molecule is Cc1ccc(C(=O)C[C@@]2(O)C(=O)N(CCc3ccccc3)c3ccccc32)o1. The minimum absolute atomic E-state index is 0.152. The molecule has 2 aromatic carbocycles. The molecule has 0 unspecified atom stereocenters. The Hall–Kier alpha value is -3.18. The van der Waals surface area contributed by atoms with Gasteiger partial charge in [-0.1, -0.05) is 48.5 Å². The molecular weight excluding hydrogens is 354 g/mol. The maximum atomic E-state index is 13.2. The van der Waals surface area contributed by atoms with Crippen LogP contribution in [0.1, 0.15) is 33.9 Å². The summed E-state index contributed by atoms with van der Waals surface area (Å²) in [6.45, 7) is 2.17. The summed E-state index contributed by atoms with van der Waals surface area (Å²) in [5.41, 5.74) is 0.329. The van der Waals surface area contributed by atoms with Crippen LogP contribution in [0.4, 0.5) is 5.69 Å². The van der Waals surface area contributed by atoms with Crippen LogP contribution in [0.5, 0.6) is 0 Å². The predicted molar refractivity (Wildman–Crippen MR) is 105 cm³/mol. The van der Waals surface area contributed by atoms with Gasteiger partial charge in [-0.25, -0.2) is 0 Å². The first kappa shape index (κ1) is 18.2. The topological polar surface area (TPSA) is 70.8 Å². The van der Waals surface area contributed by atoms with Gasteiger partial charge in [0, 0.05) is 12.1 Å². The van der Waals surface area contributed by atoms with Gasteiger partial charge in [0.1, 0.15) is 5.76 Å². The lowest BCUT2D eigenvalue weighted by atomic mass is 9.89. The minimum Gasteiger partial charge on any atom is -0.458 e. The van der Waals surface area contributed by atoms with E-state index in [4.69, 9.17) is 4.42 Å². The van der Waals surface area contributed by atoms with Crippen LogP contribution in [0.25, 0.3) is 0 Å². The second-order valence-corrected chi connectivity index (χ2v) is 7.08. The number of aliphatic hydroxyl groups is 1. The van der Waals surface area contributed by atoms with Gasteiger partial charge in [0.2, 0.25) is 5.78 Å². The summed E-state index contributed by atoms with van der Waals surface area (Å²) in [5.74, 6) is -0.109. The molecule has 0 saturated carbocycles. The minimum atomic E-state index is -1.88. The molecule has 142 valence electrons. The highest BCUT2D eigenvalue weighted by atomic mass is 16.3. The summed E-state index contributed by atoms with van der Waals surface area (Å²) < 4.78 is 5.37. The molecule has 3 aromatic rings. The van der Waals surface area contributed by atoms with Gasteiger partial charge < -0.3 is 14.4 Å². The fourth-order valence-corrected chi connectivity index (χ4v) is 3.69. The first-order chi connectivity index (χ1) is 13.5. The number of hydrogen-bond donors (Lipinski definition) is 1. The van der Waals surface area contributed by atoms with Crippen LogP contribution in [0, 0.1) is 6.92 Å². The third-order valence-corrected chi connectivity index (χ3v) is 5.14. The van der Waals surface area contributed by atoms with Crippen LogP contribution in [-0.4, -0.2) is 23.3 Å². The van der Waals surface area contributed by atoms with Crippen LogP contribution >= 0.6 is 0 Å². The van der Waals surface area contributed by atoms with E-state index >= 15 is 0 Å². The second kappa shape index (κ2) is 7.09. The van der Waals surface area contributed by atoms with Crippen molar-refractivity contribution in [2.75, 3.05) is 11.4 Å². The fraction of sp³-hybridized carbons (Fsp3) is 0.217. The zero-order valence-electron chi connectivity index (χ0n) is 15.6. The fourth-order valence-electron chi connectivity index (χ4n) is 3.69. The molecule has 0 aliphatic carbocycles. The number of nitrogens with zero attached hydrogens (tertiary/aromatic N) is 1. The molecule has 0 radical (unpaired) electrons. The first-order valence-corrected chi connectivity index (χ1v) is 9.26. The van der Waals surface area contributed by atoms with Crippen LogP contribution in [-0.2, 0) is 16.8 Å². The predicted octanol–water partition coefficient (Wildman–Crippen LogP) is 3.64. The van der Waals surface area contributed by atoms with Crippen LogP contribution in [0.15, 0.2) is 71.1 Å². The number of ketones is 1. The molecule has 5 nitrogen and oxygen atoms in total. The van der Waals surface area contributed by atoms with Gasteiger partial charge >= 0.3 is 0 Å². The van der Waals surface area contributed by atoms with Crippen molar-refractivity contribution in [3.8, 4) is 0 Å². The van der Waals surface area contributed by atoms with Crippen LogP contribution in [0.2, 0.25) is 0 Å². The number of carbonyl (C=O) groups excluding carboxylic acids is 2. The van der Waals surface area contributed by atoms with E-state index in [9.17, 15) is 14.7 Å². The summed E-state index contributed by atoms with van der Waals surface area (Å²) in [7, 11) is 0. The van der Waals surface area contributed by atoms with Gasteiger partial charge in [0.25, 0.3) is 5.91 Å². The standard InChI is InChI=1S/C23H21NO4/c1-16-11-12-21(28-16)20(25)15-23(27)18-9-5-6-10-19(18)24(22(23)26)14-13-17-7-3-2-4-8-17/h2-12,27H,13-15H2,1H3/t23-/m0/s1. The molecule has 0 spiro atoms. The molecule has 1 aliphatic rings. The Morgan fingerprint density at radius 3 is 2.46 bits per heavy atom. The van der Waals surface area contributed by atoms with E-state index in [2.05, 4.69) is 0 Å². The molecule has 0 bridgehead atoms. The molecule has 5 heteroatoms. The summed E-state index contributed by atoms with van der Waals surface area (Å²) in [5, 5.41) is 11.3. The van der Waals surface area contributed by atoms with Gasteiger partial charge in [0.15, 0.2) is 11.4 Å². The number of benzene rings is 2. The summed E-state index contributed by atoms with van der Waals surface area (Å²) >= 11 is 0. The van der Waals surface area contributed by atoms with Crippen molar-refractivity contribution in [3.05, 3.63) is 89.4 Å². The maximum Gasteiger partial charge on any atom is 0.264 e. The number of Topliss-reactive ketones (excluding diaryl/α,β-unsaturated/α-hetero) is 1. The highest BCUT2D eigenvalue weighted by molar-refractivity contribution is 6.10. The first-order valence-electron chi connectivity index (χ1n) is 9.26. The Kier molecular flexibility index (Phi) is 4.61. The third-order valence-electron chi connectivity index (χ3n) is 5.14. The molecule has 1 aliphatic heterocycles. The van der Waals surface area contributed by atoms with Crippen molar-refractivity contribution in [2.45, 2.75) is 25.4 Å². The molecular formula is C23H21NO4. The lowest BCUT2D eigenvalue weighted by Gasteiger charge is -2.22. The summed E-state index contributed by atoms with van der Waals surface area (Å²) in [4.78, 5) is 27.4. The van der Waals surface area contributed by atoms with E-state index in [0.717, 1.165) is 5.56 Å². The monoisotopic (exact) mass is 375 g/mol. The Balaban J connectivity index is 1.61. The van der Waals surface area contributed by atoms with E-state index in [-0.39, 0.29) is 12.2 Å². The van der Waals surface area contributed by atoms with E-state index in [1.165, 1.54) is 0 Å². The molecule has 1 atom stereocenters. The average molecular weight is 375 g/mol. The molecule has 28 heavy (non-hydrogen) atoms. The highest BCUT2D eigenvalue weighted by Gasteiger charge is 2.50. The van der Waals surface area contributed by atoms with E-state index in [0.29, 0.717) is 30.0 Å². The lowest BCUT2D eigenvalue weighted by Crippen LogP contribution is -2.42. The zero-order valence-corrected chi connectivity index (χ0v) is 15.6. The normalized spacial score (nSPS) is 18.4. The molecule has 0 fully saturated rings. The summed E-state index contributed by atoms with van der Waals surface area (Å²) in [6, 6.07) is 20.2. The Labute approximate surface area is 163 Å². The van der Waals surface area contributed by atoms with Gasteiger partial charge in [-0.15, -0.1) is 0 Å². The van der Waals surface area contributed by atoms with Gasteiger partial charge in [0.05, 0.1) is 12.1 Å². The third kappa shape index (κ3) is 3.14. The molecule has 1 N–H and O–H groups in total. The average Bonchev–Trinajstić information content (AvgIpc) is 3.23. The smallest absolute Gasteiger partial charge is 0.264 e. The maximum absolute atomic E-state index is 13.2. The lowest BCUT2D eigenvalue weighted by molar-refractivity contribution is -0.135. The van der Waals surface area contributed by atoms with Gasteiger partial charge in [-0.2, -0.15) is 0 Å². The van der Waals surface area contributed by atoms with Crippen LogP contribution < -0.4 is 4.90 Å². The van der Waals surface area contributed by atoms with Crippen molar-refractivity contribution in [1.82, 2.24) is 0 Å². The van der Waals surface area contributed by atoms with Crippen molar-refractivity contribution in [2.24, 2.45) is 0 Å². The van der Waals surface area contributed by atoms with Crippen molar-refractivity contribution >= 4 is 17.4 Å². The number of furan rings is 1. The zero-order chi connectivity index (χ0) is 19.7. The Morgan fingerprint density at radius 2 is 1.75 bits per heavy atom. The van der Waals surface area contributed by atoms with E-state index < -0.39 is 17.3 Å². The molecule has 1 aromatic heterocycles. The van der Waals surface area contributed by atoms with Crippen LogP contribution in [0.3, 0.4) is 0 Å². The number of para-hydroxylation sites is 1. The molecule has 1 amide bonds. The Bertz CT molecular complexity index is 1020. The number of rotatable bonds is 6. The number of amides is 1. The number of aryl methyl sites for hydroxylation is 1. The van der Waals surface area contributed by atoms with Gasteiger partial charge in [-0.3, -0.25) is 9.59 Å². The highest BCUT2D eigenvalue weighted by Crippen LogP contribution is 2.42. The molecule has 2 heterocycles. The summed E-state index contributed by atoms with van der Waals surface area (Å²) in [6.07, 6.45) is 0.306. The molecule has 4 rings (SSSR count). The number of hydrogen-bond acceptors (Lipinski definition) is 4. The quantitative estimate of drug-likeness (QED) is 0.668. The Morgan fingerprint density at radius 1 is 1.04 bits per heavy atom. The molecule has 0 saturated heterocycles. The van der Waals surface area contributed by atoms with Crippen molar-refractivity contribution < 1.29 is 19.1 Å². The number of anilines is 1. The number of fused-ring (bicyclic) bond motifs is 1. The largest absolute Gasteiger partial charge is 0.458 e. The van der Waals surface area contributed by atoms with E-state index in [1.807, 2.05) is 36.4 Å². The second-order valence-electron chi connectivity index (χ2n) is 7.08. The van der Waals surface area contributed by atoms with Crippen molar-refractivity contribution in [3.63, 3.8) is 0 Å².